The highest BCUT2D eigenvalue weighted by atomic mass is 31.2. The van der Waals surface area contributed by atoms with Crippen LogP contribution in [0.25, 0.3) is 0 Å². The second-order valence-electron chi connectivity index (χ2n) is 1.92. The average Bonchev–Trinajstić information content (AvgIpc) is 1.77. The van der Waals surface area contributed by atoms with Crippen LogP contribution in [0.3, 0.4) is 0 Å². The van der Waals surface area contributed by atoms with Crippen molar-refractivity contribution in [3.63, 3.8) is 0 Å². The molecule has 3 radical (unpaired) electrons. The van der Waals surface area contributed by atoms with E-state index in [1.807, 2.05) is 0 Å². The van der Waals surface area contributed by atoms with E-state index >= 15 is 0 Å². The first-order valence-corrected chi connectivity index (χ1v) is 4.56. The number of phosphoric acid groups is 1. The number of rotatable bonds is 0. The quantitative estimate of drug-likeness (QED) is 0.180. The first-order valence-electron chi connectivity index (χ1n) is 2.99. The van der Waals surface area contributed by atoms with Gasteiger partial charge in [0.1, 0.15) is 0 Å². The second-order valence-corrected chi connectivity index (χ2v) is 2.95. The largest absolute Gasteiger partial charge is 0.466 e. The fourth-order valence-electron chi connectivity index (χ4n) is 0.427. The third-order valence-corrected chi connectivity index (χ3v) is 0.687. The molecule has 1 rings (SSSR count). The highest BCUT2D eigenvalue weighted by molar-refractivity contribution is 7.45. The van der Waals surface area contributed by atoms with Crippen molar-refractivity contribution >= 4 is 34.1 Å². The van der Waals surface area contributed by atoms with Gasteiger partial charge in [0, 0.05) is 8.41 Å². The number of hydrogen-bond donors (Lipinski definition) is 9. The molecule has 0 aliphatic rings. The predicted molar refractivity (Wildman–Crippen MR) is 68.1 cm³/mol. The van der Waals surface area contributed by atoms with Crippen molar-refractivity contribution in [1.29, 1.82) is 0 Å². The molecule has 13 nitrogen and oxygen atoms in total. The minimum absolute atomic E-state index is 0. The fraction of sp³-hybridized carbons (Fsp3) is 0. The molecule has 18 N–H and O–H groups in total. The van der Waals surface area contributed by atoms with Crippen molar-refractivity contribution < 1.29 is 19.2 Å². The summed E-state index contributed by atoms with van der Waals surface area (Å²) in [7, 11) is -4.64. The second kappa shape index (κ2) is 11.9. The summed E-state index contributed by atoms with van der Waals surface area (Å²) in [6.07, 6.45) is 0. The van der Waals surface area contributed by atoms with Crippen molar-refractivity contribution in [3.8, 4) is 0 Å². The molecule has 18 heavy (non-hydrogen) atoms. The summed E-state index contributed by atoms with van der Waals surface area (Å²) >= 11 is 0. The Labute approximate surface area is 105 Å². The SMILES string of the molecule is N.N.N.Nc1nc(N)nc(N)n1.O=P(O)(O)O.[B]. The molecule has 107 valence electrons. The number of nitrogens with two attached hydrogens (primary N) is 3. The molecule has 1 heterocycles. The van der Waals surface area contributed by atoms with Gasteiger partial charge in [-0.3, -0.25) is 0 Å². The van der Waals surface area contributed by atoms with Gasteiger partial charge in [0.15, 0.2) is 0 Å². The summed E-state index contributed by atoms with van der Waals surface area (Å²) in [6, 6.07) is 0. The monoisotopic (exact) mass is 286 g/mol. The van der Waals surface area contributed by atoms with Crippen LogP contribution in [0.4, 0.5) is 17.8 Å². The van der Waals surface area contributed by atoms with Crippen molar-refractivity contribution in [2.45, 2.75) is 0 Å². The molecule has 0 aliphatic heterocycles. The van der Waals surface area contributed by atoms with E-state index in [0.717, 1.165) is 0 Å². The van der Waals surface area contributed by atoms with E-state index in [1.54, 1.807) is 0 Å². The molecule has 0 spiro atoms. The molecule has 0 amide bonds. The smallest absolute Gasteiger partial charge is 0.368 e. The van der Waals surface area contributed by atoms with Crippen LogP contribution in [-0.2, 0) is 4.57 Å². The van der Waals surface area contributed by atoms with Crippen molar-refractivity contribution in [3.05, 3.63) is 0 Å². The maximum Gasteiger partial charge on any atom is 0.466 e. The Balaban J connectivity index is -0.0000000567. The number of nitrogen functional groups attached to an aromatic ring is 3. The number of anilines is 3. The normalized spacial score (nSPS) is 7.94. The van der Waals surface area contributed by atoms with Gasteiger partial charge in [-0.05, 0) is 0 Å². The summed E-state index contributed by atoms with van der Waals surface area (Å²) in [5, 5.41) is 0. The van der Waals surface area contributed by atoms with E-state index in [4.69, 9.17) is 36.4 Å². The standard InChI is InChI=1S/C3H6N6.B.3H3N.H3O4P/c4-1-7-2(5)9-3(6)8-1;;;;;1-5(2,3)4/h(H6,4,5,6,7,8,9);;3*1H3;(H3,1,2,3,4). The van der Waals surface area contributed by atoms with Gasteiger partial charge in [0.05, 0.1) is 0 Å². The minimum atomic E-state index is -4.64. The zero-order chi connectivity index (χ0) is 11.4. The van der Waals surface area contributed by atoms with E-state index in [-0.39, 0.29) is 44.7 Å². The molecule has 0 saturated heterocycles. The van der Waals surface area contributed by atoms with E-state index < -0.39 is 7.82 Å². The lowest BCUT2D eigenvalue weighted by molar-refractivity contribution is 0.275. The summed E-state index contributed by atoms with van der Waals surface area (Å²) in [5.41, 5.74) is 15.4. The van der Waals surface area contributed by atoms with Gasteiger partial charge in [-0.15, -0.1) is 0 Å². The van der Waals surface area contributed by atoms with Crippen LogP contribution in [0.2, 0.25) is 0 Å². The van der Waals surface area contributed by atoms with Crippen LogP contribution >= 0.6 is 7.82 Å². The Hall–Kier alpha value is -1.54. The average molecular weight is 286 g/mol. The molecule has 0 atom stereocenters. The third kappa shape index (κ3) is 23.9. The molecule has 0 saturated carbocycles. The fourth-order valence-corrected chi connectivity index (χ4v) is 0.427. The van der Waals surface area contributed by atoms with Gasteiger partial charge in [0.25, 0.3) is 0 Å². The van der Waals surface area contributed by atoms with Crippen LogP contribution in [0, 0.1) is 0 Å². The Kier molecular flexibility index (Phi) is 19.9. The van der Waals surface area contributed by atoms with Crippen LogP contribution in [0.1, 0.15) is 0 Å². The molecular formula is C3H18BN9O4P. The molecule has 0 unspecified atom stereocenters. The van der Waals surface area contributed by atoms with E-state index in [9.17, 15) is 0 Å². The molecule has 0 aromatic carbocycles. The Morgan fingerprint density at radius 1 is 0.778 bits per heavy atom. The Morgan fingerprint density at radius 3 is 1.00 bits per heavy atom. The summed E-state index contributed by atoms with van der Waals surface area (Å²) in [6.45, 7) is 0. The van der Waals surface area contributed by atoms with Gasteiger partial charge in [-0.1, -0.05) is 0 Å². The van der Waals surface area contributed by atoms with Crippen molar-refractivity contribution in [1.82, 2.24) is 33.4 Å². The topological polar surface area (TPSA) is 299 Å². The Morgan fingerprint density at radius 2 is 0.889 bits per heavy atom. The molecule has 1 aromatic heterocycles. The first-order chi connectivity index (χ1) is 6.18. The molecule has 15 heteroatoms. The van der Waals surface area contributed by atoms with Crippen molar-refractivity contribution in [2.75, 3.05) is 17.2 Å². The lowest BCUT2D eigenvalue weighted by atomic mass is 10.8. The summed E-state index contributed by atoms with van der Waals surface area (Å²) in [5.74, 6) is 0.125. The molecule has 0 bridgehead atoms. The lowest BCUT2D eigenvalue weighted by Gasteiger charge is -1.93. The van der Waals surface area contributed by atoms with E-state index in [1.165, 1.54) is 0 Å². The van der Waals surface area contributed by atoms with Gasteiger partial charge in [-0.2, -0.15) is 15.0 Å². The summed E-state index contributed by atoms with van der Waals surface area (Å²) in [4.78, 5) is 32.0. The maximum atomic E-state index is 8.88. The minimum Gasteiger partial charge on any atom is -0.368 e. The first kappa shape index (κ1) is 30.0. The zero-order valence-corrected chi connectivity index (χ0v) is 10.4. The molecule has 0 aliphatic carbocycles. The number of aromatic nitrogens is 3. The van der Waals surface area contributed by atoms with Gasteiger partial charge >= 0.3 is 7.82 Å². The van der Waals surface area contributed by atoms with Gasteiger partial charge < -0.3 is 50.3 Å². The Bertz CT molecular complexity index is 301. The molecule has 0 fully saturated rings. The van der Waals surface area contributed by atoms with Crippen LogP contribution in [0.15, 0.2) is 0 Å². The lowest BCUT2D eigenvalue weighted by Crippen LogP contribution is -2.05. The highest BCUT2D eigenvalue weighted by Crippen LogP contribution is 2.25. The van der Waals surface area contributed by atoms with Gasteiger partial charge in [0.2, 0.25) is 17.8 Å². The summed E-state index contributed by atoms with van der Waals surface area (Å²) < 4.78 is 8.88. The van der Waals surface area contributed by atoms with E-state index in [0.29, 0.717) is 0 Å². The van der Waals surface area contributed by atoms with Crippen LogP contribution in [0.5, 0.6) is 0 Å². The molecular weight excluding hydrogens is 268 g/mol. The van der Waals surface area contributed by atoms with E-state index in [2.05, 4.69) is 15.0 Å². The van der Waals surface area contributed by atoms with Crippen LogP contribution < -0.4 is 35.7 Å². The highest BCUT2D eigenvalue weighted by Gasteiger charge is 2.00. The maximum absolute atomic E-state index is 8.88. The third-order valence-electron chi connectivity index (χ3n) is 0.687. The van der Waals surface area contributed by atoms with Gasteiger partial charge in [-0.25, -0.2) is 4.57 Å². The van der Waals surface area contributed by atoms with Crippen molar-refractivity contribution in [2.24, 2.45) is 0 Å². The number of nitrogens with zero attached hydrogens (tertiary/aromatic N) is 3. The predicted octanol–water partition coefficient (Wildman–Crippen LogP) is -2.21. The van der Waals surface area contributed by atoms with Crippen LogP contribution in [-0.4, -0.2) is 38.0 Å². The zero-order valence-electron chi connectivity index (χ0n) is 9.47. The number of hydrogen-bond acceptors (Lipinski definition) is 10. The molecule has 1 aromatic rings.